The molecule has 0 spiro atoms. The minimum Gasteiger partial charge on any atom is -0.492 e. The topological polar surface area (TPSA) is 46.0 Å². The Morgan fingerprint density at radius 1 is 1.30 bits per heavy atom. The van der Waals surface area contributed by atoms with Gasteiger partial charge in [-0.25, -0.2) is 9.98 Å². The third-order valence-electron chi connectivity index (χ3n) is 2.62. The molecule has 0 aliphatic rings. The second-order valence-corrected chi connectivity index (χ2v) is 5.16. The lowest BCUT2D eigenvalue weighted by Crippen LogP contribution is -2.11. The molecule has 0 bridgehead atoms. The van der Waals surface area contributed by atoms with Crippen molar-refractivity contribution < 1.29 is 4.74 Å². The Balaban J connectivity index is 1.82. The van der Waals surface area contributed by atoms with Crippen LogP contribution < -0.4 is 10.1 Å². The lowest BCUT2D eigenvalue weighted by Gasteiger charge is -2.06. The standard InChI is InChI=1S/C15H17N3OS/c1-12-14(8-11-20-12)18-15(16-2)17-9-10-19-13-6-4-3-5-7-13/h3-8,11H,2,9-10H2,1H3,(H,17,18). The Kier molecular flexibility index (Phi) is 5.32. The molecule has 1 aromatic heterocycles. The summed E-state index contributed by atoms with van der Waals surface area (Å²) >= 11 is 1.68. The number of anilines is 1. The van der Waals surface area contributed by atoms with Crippen LogP contribution in [0.5, 0.6) is 5.75 Å². The third kappa shape index (κ3) is 4.20. The highest BCUT2D eigenvalue weighted by Crippen LogP contribution is 2.20. The fourth-order valence-electron chi connectivity index (χ4n) is 1.60. The molecule has 2 rings (SSSR count). The van der Waals surface area contributed by atoms with E-state index in [1.54, 1.807) is 11.3 Å². The molecule has 2 aromatic rings. The molecule has 5 heteroatoms. The van der Waals surface area contributed by atoms with Gasteiger partial charge in [-0.15, -0.1) is 11.3 Å². The van der Waals surface area contributed by atoms with E-state index in [1.165, 1.54) is 4.88 Å². The summed E-state index contributed by atoms with van der Waals surface area (Å²) in [7, 11) is 0. The summed E-state index contributed by atoms with van der Waals surface area (Å²) in [5.74, 6) is 1.36. The SMILES string of the molecule is C=NC(=NCCOc1ccccc1)Nc1ccsc1C. The summed E-state index contributed by atoms with van der Waals surface area (Å²) < 4.78 is 5.56. The van der Waals surface area contributed by atoms with Crippen LogP contribution in [0.15, 0.2) is 51.8 Å². The molecule has 1 aromatic carbocycles. The fourth-order valence-corrected chi connectivity index (χ4v) is 2.25. The number of ether oxygens (including phenoxy) is 1. The lowest BCUT2D eigenvalue weighted by molar-refractivity contribution is 0.329. The minimum absolute atomic E-state index is 0.507. The number of nitrogens with zero attached hydrogens (tertiary/aromatic N) is 2. The number of rotatable bonds is 5. The Morgan fingerprint density at radius 3 is 2.75 bits per heavy atom. The van der Waals surface area contributed by atoms with Gasteiger partial charge in [0.1, 0.15) is 12.4 Å². The van der Waals surface area contributed by atoms with Crippen molar-refractivity contribution in [2.24, 2.45) is 9.98 Å². The summed E-state index contributed by atoms with van der Waals surface area (Å²) in [5.41, 5.74) is 1.02. The molecule has 0 amide bonds. The van der Waals surface area contributed by atoms with Crippen LogP contribution in [0.25, 0.3) is 0 Å². The molecule has 4 nitrogen and oxygen atoms in total. The second-order valence-electron chi connectivity index (χ2n) is 4.04. The minimum atomic E-state index is 0.507. The van der Waals surface area contributed by atoms with Crippen molar-refractivity contribution in [3.63, 3.8) is 0 Å². The molecule has 0 saturated heterocycles. The monoisotopic (exact) mass is 287 g/mol. The van der Waals surface area contributed by atoms with Gasteiger partial charge in [0.2, 0.25) is 5.96 Å². The van der Waals surface area contributed by atoms with E-state index in [4.69, 9.17) is 4.74 Å². The number of guanidine groups is 1. The van der Waals surface area contributed by atoms with E-state index in [9.17, 15) is 0 Å². The van der Waals surface area contributed by atoms with E-state index < -0.39 is 0 Å². The van der Waals surface area contributed by atoms with Crippen molar-refractivity contribution in [2.75, 3.05) is 18.5 Å². The van der Waals surface area contributed by atoms with Gasteiger partial charge in [0.05, 0.1) is 12.2 Å². The molecule has 0 fully saturated rings. The maximum atomic E-state index is 5.56. The van der Waals surface area contributed by atoms with Gasteiger partial charge in [-0.2, -0.15) is 0 Å². The molecular weight excluding hydrogens is 270 g/mol. The van der Waals surface area contributed by atoms with Gasteiger partial charge in [0.15, 0.2) is 0 Å². The van der Waals surface area contributed by atoms with Crippen LogP contribution in [0.4, 0.5) is 5.69 Å². The number of thiophene rings is 1. The number of nitrogens with one attached hydrogen (secondary N) is 1. The van der Waals surface area contributed by atoms with E-state index in [2.05, 4.69) is 22.0 Å². The zero-order chi connectivity index (χ0) is 14.2. The maximum absolute atomic E-state index is 5.56. The summed E-state index contributed by atoms with van der Waals surface area (Å²) in [6.07, 6.45) is 0. The predicted octanol–water partition coefficient (Wildman–Crippen LogP) is 3.60. The van der Waals surface area contributed by atoms with Crippen LogP contribution in [0.3, 0.4) is 0 Å². The van der Waals surface area contributed by atoms with E-state index in [0.29, 0.717) is 19.1 Å². The molecule has 0 unspecified atom stereocenters. The highest BCUT2D eigenvalue weighted by molar-refractivity contribution is 7.10. The first kappa shape index (κ1) is 14.3. The van der Waals surface area contributed by atoms with Gasteiger partial charge in [0.25, 0.3) is 0 Å². The number of benzene rings is 1. The normalized spacial score (nSPS) is 11.2. The van der Waals surface area contributed by atoms with Gasteiger partial charge >= 0.3 is 0 Å². The molecule has 104 valence electrons. The Labute approximate surface area is 122 Å². The molecule has 0 aliphatic heterocycles. The van der Waals surface area contributed by atoms with Crippen LogP contribution in [0.1, 0.15) is 4.88 Å². The highest BCUT2D eigenvalue weighted by atomic mass is 32.1. The van der Waals surface area contributed by atoms with Crippen LogP contribution >= 0.6 is 11.3 Å². The van der Waals surface area contributed by atoms with Crippen LogP contribution in [-0.4, -0.2) is 25.8 Å². The molecule has 0 saturated carbocycles. The van der Waals surface area contributed by atoms with Crippen molar-refractivity contribution in [1.82, 2.24) is 0 Å². The molecule has 1 heterocycles. The predicted molar refractivity (Wildman–Crippen MR) is 86.5 cm³/mol. The average molecular weight is 287 g/mol. The Bertz CT molecular complexity index is 578. The molecule has 0 atom stereocenters. The van der Waals surface area contributed by atoms with E-state index in [-0.39, 0.29) is 0 Å². The highest BCUT2D eigenvalue weighted by Gasteiger charge is 2.01. The maximum Gasteiger partial charge on any atom is 0.222 e. The second kappa shape index (κ2) is 7.45. The van der Waals surface area contributed by atoms with Crippen molar-refractivity contribution in [1.29, 1.82) is 0 Å². The lowest BCUT2D eigenvalue weighted by atomic mass is 10.3. The van der Waals surface area contributed by atoms with Crippen LogP contribution in [0.2, 0.25) is 0 Å². The van der Waals surface area contributed by atoms with Crippen LogP contribution in [-0.2, 0) is 0 Å². The van der Waals surface area contributed by atoms with Gasteiger partial charge < -0.3 is 10.1 Å². The van der Waals surface area contributed by atoms with Gasteiger partial charge in [-0.3, -0.25) is 0 Å². The zero-order valence-electron chi connectivity index (χ0n) is 11.4. The number of para-hydroxylation sites is 1. The summed E-state index contributed by atoms with van der Waals surface area (Å²) in [5, 5.41) is 5.18. The Hall–Kier alpha value is -2.14. The molecule has 0 radical (unpaired) electrons. The molecule has 20 heavy (non-hydrogen) atoms. The van der Waals surface area contributed by atoms with Crippen molar-refractivity contribution in [3.8, 4) is 5.75 Å². The average Bonchev–Trinajstić information content (AvgIpc) is 2.88. The van der Waals surface area contributed by atoms with Crippen molar-refractivity contribution >= 4 is 29.7 Å². The first-order chi connectivity index (χ1) is 9.79. The zero-order valence-corrected chi connectivity index (χ0v) is 12.2. The summed E-state index contributed by atoms with van der Waals surface area (Å²) in [4.78, 5) is 9.41. The number of hydrogen-bond acceptors (Lipinski definition) is 3. The molecule has 1 N–H and O–H groups in total. The van der Waals surface area contributed by atoms with Gasteiger partial charge in [-0.1, -0.05) is 18.2 Å². The molecule has 0 aliphatic carbocycles. The summed E-state index contributed by atoms with van der Waals surface area (Å²) in [6, 6.07) is 11.7. The van der Waals surface area contributed by atoms with Gasteiger partial charge in [0, 0.05) is 4.88 Å². The number of aliphatic imine (C=N–C) groups is 2. The van der Waals surface area contributed by atoms with Crippen molar-refractivity contribution in [2.45, 2.75) is 6.92 Å². The smallest absolute Gasteiger partial charge is 0.222 e. The number of aryl methyl sites for hydroxylation is 1. The quantitative estimate of drug-likeness (QED) is 0.519. The first-order valence-electron chi connectivity index (χ1n) is 6.29. The summed E-state index contributed by atoms with van der Waals surface area (Å²) in [6.45, 7) is 6.61. The largest absolute Gasteiger partial charge is 0.492 e. The van der Waals surface area contributed by atoms with E-state index in [0.717, 1.165) is 11.4 Å². The van der Waals surface area contributed by atoms with E-state index >= 15 is 0 Å². The van der Waals surface area contributed by atoms with E-state index in [1.807, 2.05) is 48.7 Å². The molecular formula is C15H17N3OS. The van der Waals surface area contributed by atoms with Crippen LogP contribution in [0, 0.1) is 6.92 Å². The number of hydrogen-bond donors (Lipinski definition) is 1. The fraction of sp³-hybridized carbons (Fsp3) is 0.200. The Morgan fingerprint density at radius 2 is 2.10 bits per heavy atom. The first-order valence-corrected chi connectivity index (χ1v) is 7.17. The van der Waals surface area contributed by atoms with Crippen molar-refractivity contribution in [3.05, 3.63) is 46.7 Å². The third-order valence-corrected chi connectivity index (χ3v) is 3.47. The van der Waals surface area contributed by atoms with Gasteiger partial charge in [-0.05, 0) is 37.2 Å².